The van der Waals surface area contributed by atoms with E-state index in [0.29, 0.717) is 0 Å². The summed E-state index contributed by atoms with van der Waals surface area (Å²) in [7, 11) is 0. The van der Waals surface area contributed by atoms with E-state index >= 15 is 0 Å². The van der Waals surface area contributed by atoms with Gasteiger partial charge in [-0.1, -0.05) is 0 Å². The smallest absolute Gasteiger partial charge is 0.112 e. The number of pyridine rings is 1. The van der Waals surface area contributed by atoms with Gasteiger partial charge in [0.2, 0.25) is 0 Å². The third kappa shape index (κ3) is 1.52. The molecular formula is C9H12BrNO. The predicted molar refractivity (Wildman–Crippen MR) is 52.1 cm³/mol. The molecule has 1 aromatic heterocycles. The lowest BCUT2D eigenvalue weighted by molar-refractivity contribution is 0.279. The summed E-state index contributed by atoms with van der Waals surface area (Å²) in [6.45, 7) is 6.03. The van der Waals surface area contributed by atoms with Crippen molar-refractivity contribution in [2.75, 3.05) is 0 Å². The van der Waals surface area contributed by atoms with Crippen molar-refractivity contribution in [3.63, 3.8) is 0 Å². The van der Waals surface area contributed by atoms with Gasteiger partial charge in [0.15, 0.2) is 0 Å². The predicted octanol–water partition coefficient (Wildman–Crippen LogP) is 2.26. The van der Waals surface area contributed by atoms with Gasteiger partial charge in [-0.3, -0.25) is 0 Å². The summed E-state index contributed by atoms with van der Waals surface area (Å²) in [5.41, 5.74) is 4.17. The van der Waals surface area contributed by atoms with E-state index in [1.54, 1.807) is 0 Å². The largest absolute Gasteiger partial charge is 0.392 e. The molecule has 12 heavy (non-hydrogen) atoms. The van der Waals surface area contributed by atoms with Crippen molar-refractivity contribution in [3.05, 3.63) is 27.0 Å². The van der Waals surface area contributed by atoms with E-state index in [1.165, 1.54) is 0 Å². The molecule has 0 atom stereocenters. The highest BCUT2D eigenvalue weighted by molar-refractivity contribution is 9.10. The molecule has 1 rings (SSSR count). The number of aryl methyl sites for hydroxylation is 1. The first-order valence-electron chi connectivity index (χ1n) is 3.81. The lowest BCUT2D eigenvalue weighted by atomic mass is 10.1. The Morgan fingerprint density at radius 1 is 1.25 bits per heavy atom. The molecule has 0 fully saturated rings. The van der Waals surface area contributed by atoms with Crippen molar-refractivity contribution < 1.29 is 5.11 Å². The second-order valence-corrected chi connectivity index (χ2v) is 3.63. The van der Waals surface area contributed by atoms with Gasteiger partial charge in [0, 0.05) is 11.3 Å². The molecule has 0 radical (unpaired) electrons. The molecule has 0 unspecified atom stereocenters. The van der Waals surface area contributed by atoms with Gasteiger partial charge < -0.3 is 5.11 Å². The number of hydrogen-bond donors (Lipinski definition) is 1. The molecule has 66 valence electrons. The third-order valence-electron chi connectivity index (χ3n) is 2.23. The number of halogens is 1. The van der Waals surface area contributed by atoms with Crippen molar-refractivity contribution >= 4 is 15.9 Å². The summed E-state index contributed by atoms with van der Waals surface area (Å²) in [4.78, 5) is 4.26. The van der Waals surface area contributed by atoms with E-state index in [1.807, 2.05) is 20.8 Å². The van der Waals surface area contributed by atoms with Crippen LogP contribution >= 0.6 is 15.9 Å². The van der Waals surface area contributed by atoms with Gasteiger partial charge in [-0.05, 0) is 47.8 Å². The highest BCUT2D eigenvalue weighted by Gasteiger charge is 2.08. The topological polar surface area (TPSA) is 33.1 Å². The standard InChI is InChI=1S/C9H12BrNO/c1-5-6(2)8(4-12)9(10)11-7(5)3/h12H,4H2,1-3H3. The number of aliphatic hydroxyl groups is 1. The summed E-state index contributed by atoms with van der Waals surface area (Å²) in [6, 6.07) is 0. The van der Waals surface area contributed by atoms with E-state index in [2.05, 4.69) is 20.9 Å². The van der Waals surface area contributed by atoms with Gasteiger partial charge in [0.05, 0.1) is 6.61 Å². The van der Waals surface area contributed by atoms with Crippen LogP contribution in [0, 0.1) is 20.8 Å². The van der Waals surface area contributed by atoms with Crippen LogP contribution in [0.5, 0.6) is 0 Å². The summed E-state index contributed by atoms with van der Waals surface area (Å²) in [5.74, 6) is 0. The van der Waals surface area contributed by atoms with Crippen molar-refractivity contribution in [1.82, 2.24) is 4.98 Å². The molecule has 0 aliphatic heterocycles. The Kier molecular flexibility index (Phi) is 2.85. The zero-order valence-corrected chi connectivity index (χ0v) is 9.07. The SMILES string of the molecule is Cc1nc(Br)c(CO)c(C)c1C. The maximum absolute atomic E-state index is 9.04. The van der Waals surface area contributed by atoms with Crippen LogP contribution < -0.4 is 0 Å². The Morgan fingerprint density at radius 2 is 1.83 bits per heavy atom. The molecule has 0 aliphatic rings. The summed E-state index contributed by atoms with van der Waals surface area (Å²) < 4.78 is 0.755. The molecule has 1 heterocycles. The zero-order chi connectivity index (χ0) is 9.30. The normalized spacial score (nSPS) is 10.4. The molecule has 0 aromatic carbocycles. The molecule has 0 amide bonds. The fraction of sp³-hybridized carbons (Fsp3) is 0.444. The molecular weight excluding hydrogens is 218 g/mol. The summed E-state index contributed by atoms with van der Waals surface area (Å²) in [6.07, 6.45) is 0. The van der Waals surface area contributed by atoms with Crippen LogP contribution in [0.3, 0.4) is 0 Å². The molecule has 1 aromatic rings. The van der Waals surface area contributed by atoms with Crippen LogP contribution in [0.4, 0.5) is 0 Å². The van der Waals surface area contributed by atoms with Crippen molar-refractivity contribution in [2.24, 2.45) is 0 Å². The highest BCUT2D eigenvalue weighted by Crippen LogP contribution is 2.22. The monoisotopic (exact) mass is 229 g/mol. The number of nitrogens with zero attached hydrogens (tertiary/aromatic N) is 1. The van der Waals surface area contributed by atoms with E-state index < -0.39 is 0 Å². The van der Waals surface area contributed by atoms with E-state index in [9.17, 15) is 0 Å². The van der Waals surface area contributed by atoms with Gasteiger partial charge in [-0.15, -0.1) is 0 Å². The Hall–Kier alpha value is -0.410. The maximum atomic E-state index is 9.04. The Bertz CT molecular complexity index is 310. The highest BCUT2D eigenvalue weighted by atomic mass is 79.9. The van der Waals surface area contributed by atoms with Gasteiger partial charge >= 0.3 is 0 Å². The number of hydrogen-bond acceptors (Lipinski definition) is 2. The summed E-state index contributed by atoms with van der Waals surface area (Å²) in [5, 5.41) is 9.04. The second kappa shape index (κ2) is 3.54. The fourth-order valence-corrected chi connectivity index (χ4v) is 1.82. The van der Waals surface area contributed by atoms with Crippen LogP contribution in [-0.2, 0) is 6.61 Å². The summed E-state index contributed by atoms with van der Waals surface area (Å²) >= 11 is 3.32. The molecule has 2 nitrogen and oxygen atoms in total. The number of rotatable bonds is 1. The minimum atomic E-state index is 0.0422. The molecule has 3 heteroatoms. The first-order valence-corrected chi connectivity index (χ1v) is 4.60. The van der Waals surface area contributed by atoms with Gasteiger partial charge in [0.25, 0.3) is 0 Å². The fourth-order valence-electron chi connectivity index (χ4n) is 1.13. The quantitative estimate of drug-likeness (QED) is 0.750. The van der Waals surface area contributed by atoms with Gasteiger partial charge in [-0.2, -0.15) is 0 Å². The zero-order valence-electron chi connectivity index (χ0n) is 7.48. The Labute approximate surface area is 80.8 Å². The minimum absolute atomic E-state index is 0.0422. The first-order chi connectivity index (χ1) is 5.57. The van der Waals surface area contributed by atoms with Crippen LogP contribution in [-0.4, -0.2) is 10.1 Å². The van der Waals surface area contributed by atoms with Crippen LogP contribution in [0.1, 0.15) is 22.4 Å². The van der Waals surface area contributed by atoms with Crippen LogP contribution in [0.2, 0.25) is 0 Å². The first kappa shape index (κ1) is 9.68. The lowest BCUT2D eigenvalue weighted by Crippen LogP contribution is -1.99. The number of aliphatic hydroxyl groups excluding tert-OH is 1. The van der Waals surface area contributed by atoms with Crippen molar-refractivity contribution in [3.8, 4) is 0 Å². The average molecular weight is 230 g/mol. The molecule has 0 spiro atoms. The Balaban J connectivity index is 3.40. The minimum Gasteiger partial charge on any atom is -0.392 e. The van der Waals surface area contributed by atoms with Gasteiger partial charge in [0.1, 0.15) is 4.60 Å². The van der Waals surface area contributed by atoms with Crippen molar-refractivity contribution in [2.45, 2.75) is 27.4 Å². The Morgan fingerprint density at radius 3 is 2.33 bits per heavy atom. The molecule has 1 N–H and O–H groups in total. The molecule has 0 bridgehead atoms. The number of aromatic nitrogens is 1. The molecule has 0 aliphatic carbocycles. The molecule has 0 saturated heterocycles. The van der Waals surface area contributed by atoms with Crippen LogP contribution in [0.15, 0.2) is 4.60 Å². The van der Waals surface area contributed by atoms with Crippen LogP contribution in [0.25, 0.3) is 0 Å². The van der Waals surface area contributed by atoms with Gasteiger partial charge in [-0.25, -0.2) is 4.98 Å². The maximum Gasteiger partial charge on any atom is 0.112 e. The third-order valence-corrected chi connectivity index (χ3v) is 2.89. The second-order valence-electron chi connectivity index (χ2n) is 2.87. The average Bonchev–Trinajstić information content (AvgIpc) is 2.01. The van der Waals surface area contributed by atoms with E-state index in [0.717, 1.165) is 27.0 Å². The van der Waals surface area contributed by atoms with E-state index in [-0.39, 0.29) is 6.61 Å². The van der Waals surface area contributed by atoms with E-state index in [4.69, 9.17) is 5.11 Å². The lowest BCUT2D eigenvalue weighted by Gasteiger charge is -2.10. The molecule has 0 saturated carbocycles. The van der Waals surface area contributed by atoms with Crippen molar-refractivity contribution in [1.29, 1.82) is 0 Å².